The lowest BCUT2D eigenvalue weighted by atomic mass is 10.1. The van der Waals surface area contributed by atoms with E-state index in [0.717, 1.165) is 23.5 Å². The van der Waals surface area contributed by atoms with Crippen LogP contribution in [0.5, 0.6) is 11.5 Å². The Bertz CT molecular complexity index is 608. The van der Waals surface area contributed by atoms with Crippen molar-refractivity contribution in [3.05, 3.63) is 59.7 Å². The summed E-state index contributed by atoms with van der Waals surface area (Å²) in [6.45, 7) is 0.611. The lowest BCUT2D eigenvalue weighted by molar-refractivity contribution is -0.120. The van der Waals surface area contributed by atoms with Crippen LogP contribution < -0.4 is 14.8 Å². The van der Waals surface area contributed by atoms with Crippen LogP contribution in [0.4, 0.5) is 0 Å². The molecule has 116 valence electrons. The summed E-state index contributed by atoms with van der Waals surface area (Å²) in [7, 11) is 3.26. The molecule has 0 aliphatic carbocycles. The summed E-state index contributed by atoms with van der Waals surface area (Å²) in [5, 5.41) is 2.93. The Labute approximate surface area is 131 Å². The van der Waals surface area contributed by atoms with Crippen molar-refractivity contribution in [1.82, 2.24) is 5.32 Å². The third-order valence-electron chi connectivity index (χ3n) is 3.44. The second-order valence-corrected chi connectivity index (χ2v) is 4.94. The first kappa shape index (κ1) is 15.9. The van der Waals surface area contributed by atoms with Gasteiger partial charge in [-0.25, -0.2) is 0 Å². The van der Waals surface area contributed by atoms with Gasteiger partial charge in [0.2, 0.25) is 5.91 Å². The Morgan fingerprint density at radius 2 is 1.73 bits per heavy atom. The summed E-state index contributed by atoms with van der Waals surface area (Å²) in [4.78, 5) is 12.0. The largest absolute Gasteiger partial charge is 0.497 e. The molecule has 1 amide bonds. The van der Waals surface area contributed by atoms with Crippen molar-refractivity contribution in [3.63, 3.8) is 0 Å². The van der Waals surface area contributed by atoms with Gasteiger partial charge < -0.3 is 14.8 Å². The van der Waals surface area contributed by atoms with E-state index in [1.54, 1.807) is 14.2 Å². The minimum atomic E-state index is -0.00184. The van der Waals surface area contributed by atoms with Gasteiger partial charge in [-0.1, -0.05) is 30.3 Å². The zero-order valence-electron chi connectivity index (χ0n) is 13.0. The molecule has 0 bridgehead atoms. The monoisotopic (exact) mass is 299 g/mol. The van der Waals surface area contributed by atoms with Gasteiger partial charge in [-0.2, -0.15) is 0 Å². The maximum absolute atomic E-state index is 12.0. The maximum Gasteiger partial charge on any atom is 0.224 e. The summed E-state index contributed by atoms with van der Waals surface area (Å²) in [5.74, 6) is 1.58. The van der Waals surface area contributed by atoms with Crippen LogP contribution in [-0.4, -0.2) is 26.7 Å². The first-order chi connectivity index (χ1) is 10.7. The molecule has 4 nitrogen and oxygen atoms in total. The number of carbonyl (C=O) groups excluding carboxylic acids is 1. The van der Waals surface area contributed by atoms with Gasteiger partial charge >= 0.3 is 0 Å². The Kier molecular flexibility index (Phi) is 5.83. The second-order valence-electron chi connectivity index (χ2n) is 4.94. The molecule has 0 radical (unpaired) electrons. The molecule has 0 saturated heterocycles. The van der Waals surface area contributed by atoms with E-state index >= 15 is 0 Å². The average molecular weight is 299 g/mol. The number of nitrogens with one attached hydrogen (secondary N) is 1. The maximum atomic E-state index is 12.0. The number of methoxy groups -OCH3 is 2. The molecule has 0 aliphatic rings. The molecule has 0 spiro atoms. The number of benzene rings is 2. The molecule has 0 atom stereocenters. The van der Waals surface area contributed by atoms with Crippen molar-refractivity contribution in [1.29, 1.82) is 0 Å². The van der Waals surface area contributed by atoms with Crippen molar-refractivity contribution >= 4 is 5.91 Å². The molecular weight excluding hydrogens is 278 g/mol. The highest BCUT2D eigenvalue weighted by molar-refractivity contribution is 5.79. The Hall–Kier alpha value is -2.49. The quantitative estimate of drug-likeness (QED) is 0.855. The van der Waals surface area contributed by atoms with E-state index in [9.17, 15) is 4.79 Å². The van der Waals surface area contributed by atoms with Gasteiger partial charge in [0.05, 0.1) is 20.6 Å². The standard InChI is InChI=1S/C18H21NO3/c1-21-16-9-7-14(8-10-16)11-12-19-18(20)13-15-5-3-4-6-17(15)22-2/h3-10H,11-13H2,1-2H3,(H,19,20). The van der Waals surface area contributed by atoms with Gasteiger partial charge in [0, 0.05) is 12.1 Å². The Morgan fingerprint density at radius 1 is 1.00 bits per heavy atom. The van der Waals surface area contributed by atoms with Gasteiger partial charge in [0.25, 0.3) is 0 Å². The summed E-state index contributed by atoms with van der Waals surface area (Å²) in [5.41, 5.74) is 2.06. The molecule has 0 saturated carbocycles. The predicted octanol–water partition coefficient (Wildman–Crippen LogP) is 2.61. The van der Waals surface area contributed by atoms with Crippen LogP contribution in [0.1, 0.15) is 11.1 Å². The fraction of sp³-hybridized carbons (Fsp3) is 0.278. The van der Waals surface area contributed by atoms with E-state index in [1.165, 1.54) is 5.56 Å². The molecule has 0 aliphatic heterocycles. The third-order valence-corrected chi connectivity index (χ3v) is 3.44. The zero-order valence-corrected chi connectivity index (χ0v) is 13.0. The normalized spacial score (nSPS) is 10.1. The number of hydrogen-bond donors (Lipinski definition) is 1. The van der Waals surface area contributed by atoms with E-state index in [1.807, 2.05) is 48.5 Å². The highest BCUT2D eigenvalue weighted by Gasteiger charge is 2.07. The fourth-order valence-electron chi connectivity index (χ4n) is 2.22. The topological polar surface area (TPSA) is 47.6 Å². The van der Waals surface area contributed by atoms with Gasteiger partial charge in [-0.05, 0) is 30.2 Å². The number of para-hydroxylation sites is 1. The van der Waals surface area contributed by atoms with E-state index in [0.29, 0.717) is 13.0 Å². The smallest absolute Gasteiger partial charge is 0.224 e. The van der Waals surface area contributed by atoms with Crippen molar-refractivity contribution in [2.24, 2.45) is 0 Å². The van der Waals surface area contributed by atoms with Crippen LogP contribution in [-0.2, 0) is 17.6 Å². The molecule has 22 heavy (non-hydrogen) atoms. The average Bonchev–Trinajstić information content (AvgIpc) is 2.56. The lowest BCUT2D eigenvalue weighted by Gasteiger charge is -2.09. The molecule has 2 rings (SSSR count). The molecule has 2 aromatic rings. The van der Waals surface area contributed by atoms with E-state index < -0.39 is 0 Å². The van der Waals surface area contributed by atoms with Crippen molar-refractivity contribution in [2.45, 2.75) is 12.8 Å². The van der Waals surface area contributed by atoms with Crippen LogP contribution in [0.15, 0.2) is 48.5 Å². The minimum absolute atomic E-state index is 0.00184. The first-order valence-corrected chi connectivity index (χ1v) is 7.24. The minimum Gasteiger partial charge on any atom is -0.497 e. The lowest BCUT2D eigenvalue weighted by Crippen LogP contribution is -2.27. The summed E-state index contributed by atoms with van der Waals surface area (Å²) in [6, 6.07) is 15.4. The molecule has 4 heteroatoms. The molecule has 1 N–H and O–H groups in total. The third kappa shape index (κ3) is 4.52. The predicted molar refractivity (Wildman–Crippen MR) is 86.4 cm³/mol. The molecule has 0 aromatic heterocycles. The van der Waals surface area contributed by atoms with Gasteiger partial charge in [-0.3, -0.25) is 4.79 Å². The Morgan fingerprint density at radius 3 is 2.41 bits per heavy atom. The van der Waals surface area contributed by atoms with Crippen LogP contribution in [0.25, 0.3) is 0 Å². The van der Waals surface area contributed by atoms with Gasteiger partial charge in [0.15, 0.2) is 0 Å². The van der Waals surface area contributed by atoms with Crippen LogP contribution in [0.3, 0.4) is 0 Å². The van der Waals surface area contributed by atoms with Crippen molar-refractivity contribution in [2.75, 3.05) is 20.8 Å². The molecule has 0 unspecified atom stereocenters. The van der Waals surface area contributed by atoms with Crippen LogP contribution in [0.2, 0.25) is 0 Å². The van der Waals surface area contributed by atoms with E-state index in [4.69, 9.17) is 9.47 Å². The summed E-state index contributed by atoms with van der Waals surface area (Å²) >= 11 is 0. The van der Waals surface area contributed by atoms with Crippen molar-refractivity contribution in [3.8, 4) is 11.5 Å². The highest BCUT2D eigenvalue weighted by Crippen LogP contribution is 2.17. The molecule has 0 heterocycles. The first-order valence-electron chi connectivity index (χ1n) is 7.24. The number of amides is 1. The van der Waals surface area contributed by atoms with Crippen LogP contribution in [0, 0.1) is 0 Å². The second kappa shape index (κ2) is 8.08. The van der Waals surface area contributed by atoms with Gasteiger partial charge in [-0.15, -0.1) is 0 Å². The molecule has 2 aromatic carbocycles. The van der Waals surface area contributed by atoms with Crippen LogP contribution >= 0.6 is 0 Å². The SMILES string of the molecule is COc1ccc(CCNC(=O)Cc2ccccc2OC)cc1. The number of rotatable bonds is 7. The number of carbonyl (C=O) groups is 1. The molecule has 0 fully saturated rings. The van der Waals surface area contributed by atoms with Gasteiger partial charge in [0.1, 0.15) is 11.5 Å². The zero-order chi connectivity index (χ0) is 15.8. The highest BCUT2D eigenvalue weighted by atomic mass is 16.5. The number of ether oxygens (including phenoxy) is 2. The summed E-state index contributed by atoms with van der Waals surface area (Å²) < 4.78 is 10.4. The Balaban J connectivity index is 1.80. The van der Waals surface area contributed by atoms with E-state index in [-0.39, 0.29) is 5.91 Å². The number of hydrogen-bond acceptors (Lipinski definition) is 3. The fourth-order valence-corrected chi connectivity index (χ4v) is 2.22. The van der Waals surface area contributed by atoms with Crippen molar-refractivity contribution < 1.29 is 14.3 Å². The van der Waals surface area contributed by atoms with E-state index in [2.05, 4.69) is 5.32 Å². The molecular formula is C18H21NO3. The summed E-state index contributed by atoms with van der Waals surface area (Å²) in [6.07, 6.45) is 1.12.